The van der Waals surface area contributed by atoms with E-state index < -0.39 is 11.2 Å². The van der Waals surface area contributed by atoms with Gasteiger partial charge in [0.1, 0.15) is 11.0 Å². The van der Waals surface area contributed by atoms with Crippen molar-refractivity contribution in [3.05, 3.63) is 68.6 Å². The Labute approximate surface area is 193 Å². The number of fused-ring (bicyclic) bond motifs is 2. The number of carbonyl (C=O) groups excluding carboxylic acids is 2. The van der Waals surface area contributed by atoms with Gasteiger partial charge in [0.25, 0.3) is 0 Å². The fraction of sp³-hybridized carbons (Fsp3) is 0.261. The molecule has 164 valence electrons. The number of nitrogens with one attached hydrogen (secondary N) is 1. The van der Waals surface area contributed by atoms with Crippen LogP contribution in [0.15, 0.2) is 58.4 Å². The number of H-pyrrole nitrogens is 1. The van der Waals surface area contributed by atoms with Crippen molar-refractivity contribution in [2.45, 2.75) is 16.2 Å². The predicted molar refractivity (Wildman–Crippen MR) is 126 cm³/mol. The molecule has 3 atom stereocenters. The highest BCUT2D eigenvalue weighted by molar-refractivity contribution is 8.00. The van der Waals surface area contributed by atoms with Gasteiger partial charge in [-0.05, 0) is 42.0 Å². The molecular weight excluding hydrogens is 446 g/mol. The van der Waals surface area contributed by atoms with Crippen molar-refractivity contribution in [1.82, 2.24) is 4.98 Å². The quantitative estimate of drug-likeness (QED) is 0.593. The molecule has 2 aliphatic heterocycles. The van der Waals surface area contributed by atoms with Gasteiger partial charge in [-0.25, -0.2) is 4.90 Å². The van der Waals surface area contributed by atoms with E-state index >= 15 is 0 Å². The minimum Gasteiger partial charge on any atom is -0.497 e. The van der Waals surface area contributed by atoms with E-state index in [-0.39, 0.29) is 22.6 Å². The second-order valence-corrected chi connectivity index (χ2v) is 10.1. The molecule has 5 rings (SSSR count). The molecule has 9 heteroatoms. The van der Waals surface area contributed by atoms with Crippen molar-refractivity contribution >= 4 is 46.3 Å². The number of methoxy groups -OCH3 is 1. The molecule has 2 aromatic carbocycles. The van der Waals surface area contributed by atoms with Crippen LogP contribution in [0.25, 0.3) is 0 Å². The van der Waals surface area contributed by atoms with Crippen LogP contribution < -0.4 is 19.4 Å². The first-order valence-electron chi connectivity index (χ1n) is 10.1. The van der Waals surface area contributed by atoms with E-state index in [0.717, 1.165) is 27.5 Å². The number of anilines is 2. The highest BCUT2D eigenvalue weighted by Gasteiger charge is 2.56. The summed E-state index contributed by atoms with van der Waals surface area (Å²) in [6.07, 6.45) is 0. The van der Waals surface area contributed by atoms with Crippen molar-refractivity contribution in [3.8, 4) is 5.75 Å². The topological polar surface area (TPSA) is 82.7 Å². The number of benzene rings is 2. The van der Waals surface area contributed by atoms with Crippen molar-refractivity contribution < 1.29 is 14.3 Å². The third-order valence-corrected chi connectivity index (χ3v) is 8.32. The molecule has 0 radical (unpaired) electrons. The van der Waals surface area contributed by atoms with E-state index in [1.54, 1.807) is 31.4 Å². The van der Waals surface area contributed by atoms with Crippen LogP contribution >= 0.6 is 23.1 Å². The van der Waals surface area contributed by atoms with E-state index in [2.05, 4.69) is 4.98 Å². The lowest BCUT2D eigenvalue weighted by molar-refractivity contribution is -0.122. The van der Waals surface area contributed by atoms with Crippen LogP contribution in [0.5, 0.6) is 5.75 Å². The Hall–Kier alpha value is -3.04. The largest absolute Gasteiger partial charge is 0.497 e. The molecule has 2 aliphatic rings. The lowest BCUT2D eigenvalue weighted by Gasteiger charge is -2.30. The molecule has 0 bridgehead atoms. The Morgan fingerprint density at radius 3 is 2.28 bits per heavy atom. The molecule has 1 aromatic heterocycles. The monoisotopic (exact) mass is 467 g/mol. The molecule has 1 fully saturated rings. The maximum absolute atomic E-state index is 13.6. The fourth-order valence-electron chi connectivity index (χ4n) is 4.34. The maximum atomic E-state index is 13.6. The van der Waals surface area contributed by atoms with Crippen LogP contribution in [-0.4, -0.2) is 43.3 Å². The number of aromatic nitrogens is 1. The number of thiazole rings is 1. The van der Waals surface area contributed by atoms with E-state index in [0.29, 0.717) is 16.5 Å². The van der Waals surface area contributed by atoms with Gasteiger partial charge in [0, 0.05) is 30.6 Å². The van der Waals surface area contributed by atoms with Gasteiger partial charge < -0.3 is 14.6 Å². The minimum atomic E-state index is -0.596. The van der Waals surface area contributed by atoms with Crippen LogP contribution in [-0.2, 0) is 9.59 Å². The lowest BCUT2D eigenvalue weighted by Crippen LogP contribution is -2.32. The Morgan fingerprint density at radius 1 is 0.969 bits per heavy atom. The molecule has 2 unspecified atom stereocenters. The molecule has 1 N–H and O–H groups in total. The Balaban J connectivity index is 1.59. The number of carbonyl (C=O) groups is 2. The van der Waals surface area contributed by atoms with Crippen LogP contribution in [0.1, 0.15) is 16.4 Å². The zero-order valence-electron chi connectivity index (χ0n) is 17.7. The minimum absolute atomic E-state index is 0.177. The molecule has 2 amide bonds. The lowest BCUT2D eigenvalue weighted by atomic mass is 9.83. The summed E-state index contributed by atoms with van der Waals surface area (Å²) in [7, 11) is 5.49. The average Bonchev–Trinajstić information content (AvgIpc) is 3.28. The second kappa shape index (κ2) is 7.83. The molecule has 32 heavy (non-hydrogen) atoms. The first-order valence-corrected chi connectivity index (χ1v) is 11.8. The van der Waals surface area contributed by atoms with E-state index in [9.17, 15) is 14.4 Å². The molecular formula is C23H21N3O4S2. The first kappa shape index (κ1) is 20.8. The highest BCUT2D eigenvalue weighted by atomic mass is 32.2. The zero-order chi connectivity index (χ0) is 22.6. The summed E-state index contributed by atoms with van der Waals surface area (Å²) < 4.78 is 5.20. The number of ether oxygens (including phenoxy) is 1. The Bertz CT molecular complexity index is 1250. The molecule has 1 saturated heterocycles. The van der Waals surface area contributed by atoms with E-state index in [1.165, 1.54) is 16.7 Å². The fourth-order valence-corrected chi connectivity index (χ4v) is 6.86. The van der Waals surface area contributed by atoms with Crippen LogP contribution in [0, 0.1) is 5.92 Å². The predicted octanol–water partition coefficient (Wildman–Crippen LogP) is 3.31. The first-order chi connectivity index (χ1) is 15.4. The van der Waals surface area contributed by atoms with E-state index in [1.807, 2.05) is 43.3 Å². The van der Waals surface area contributed by atoms with Gasteiger partial charge >= 0.3 is 4.87 Å². The third kappa shape index (κ3) is 3.23. The number of hydrogen-bond acceptors (Lipinski definition) is 7. The summed E-state index contributed by atoms with van der Waals surface area (Å²) >= 11 is 2.40. The summed E-state index contributed by atoms with van der Waals surface area (Å²) in [6, 6.07) is 14.8. The van der Waals surface area contributed by atoms with Crippen LogP contribution in [0.2, 0.25) is 0 Å². The number of amides is 2. The Kier molecular flexibility index (Phi) is 5.10. The molecule has 7 nitrogen and oxygen atoms in total. The molecule has 0 spiro atoms. The van der Waals surface area contributed by atoms with Crippen molar-refractivity contribution in [2.75, 3.05) is 31.0 Å². The summed E-state index contributed by atoms with van der Waals surface area (Å²) in [5.74, 6) is -0.804. The maximum Gasteiger partial charge on any atom is 0.305 e. The molecule has 0 aliphatic carbocycles. The van der Waals surface area contributed by atoms with E-state index in [4.69, 9.17) is 4.74 Å². The van der Waals surface area contributed by atoms with Crippen molar-refractivity contribution in [3.63, 3.8) is 0 Å². The second-order valence-electron chi connectivity index (χ2n) is 7.95. The van der Waals surface area contributed by atoms with Gasteiger partial charge in [0.05, 0.1) is 23.7 Å². The highest BCUT2D eigenvalue weighted by Crippen LogP contribution is 2.53. The number of nitrogens with zero attached hydrogens (tertiary/aromatic N) is 2. The molecule has 3 heterocycles. The van der Waals surface area contributed by atoms with Crippen molar-refractivity contribution in [1.29, 1.82) is 0 Å². The number of hydrogen-bond donors (Lipinski definition) is 1. The zero-order valence-corrected chi connectivity index (χ0v) is 19.3. The third-order valence-electron chi connectivity index (χ3n) is 5.92. The average molecular weight is 468 g/mol. The normalized spacial score (nSPS) is 22.0. The molecule has 3 aromatic rings. The molecule has 0 saturated carbocycles. The number of rotatable bonds is 4. The van der Waals surface area contributed by atoms with Crippen molar-refractivity contribution in [2.24, 2.45) is 5.92 Å². The summed E-state index contributed by atoms with van der Waals surface area (Å²) in [5, 5.41) is 0.0848. The standard InChI is InChI=1S/C23H21N3O4S2/c1-25(2)13-6-4-12(5-7-13)16-17-19(31-20-18(16)32-23(29)24-20)22(28)26(21(17)27)14-8-10-15(30-3)11-9-14/h4-11,16-17,19H,1-3H3,(H,24,29)/t16-,17?,19?/m1/s1. The van der Waals surface area contributed by atoms with Gasteiger partial charge in [-0.2, -0.15) is 0 Å². The van der Waals surface area contributed by atoms with Crippen LogP contribution in [0.3, 0.4) is 0 Å². The van der Waals surface area contributed by atoms with Gasteiger partial charge in [0.2, 0.25) is 11.8 Å². The summed E-state index contributed by atoms with van der Waals surface area (Å²) in [6.45, 7) is 0. The number of aromatic amines is 1. The Morgan fingerprint density at radius 2 is 1.66 bits per heavy atom. The summed E-state index contributed by atoms with van der Waals surface area (Å²) in [5.41, 5.74) is 2.47. The SMILES string of the molecule is COc1ccc(N2C(=O)C3Sc4[nH]c(=O)sc4[C@H](c4ccc(N(C)C)cc4)C3C2=O)cc1. The van der Waals surface area contributed by atoms with Gasteiger partial charge in [-0.1, -0.05) is 35.2 Å². The van der Waals surface area contributed by atoms with Gasteiger partial charge in [-0.15, -0.1) is 0 Å². The van der Waals surface area contributed by atoms with Gasteiger partial charge in [-0.3, -0.25) is 14.4 Å². The smallest absolute Gasteiger partial charge is 0.305 e. The van der Waals surface area contributed by atoms with Crippen LogP contribution in [0.4, 0.5) is 11.4 Å². The van der Waals surface area contributed by atoms with Gasteiger partial charge in [0.15, 0.2) is 0 Å². The number of thioether (sulfide) groups is 1. The summed E-state index contributed by atoms with van der Waals surface area (Å²) in [4.78, 5) is 46.0. The number of imide groups is 1.